The van der Waals surface area contributed by atoms with Crippen molar-refractivity contribution in [3.8, 4) is 11.4 Å². The summed E-state index contributed by atoms with van der Waals surface area (Å²) in [7, 11) is 0. The number of nitrogen functional groups attached to an aromatic ring is 1. The molecule has 0 radical (unpaired) electrons. The molecule has 2 aromatic heterocycles. The van der Waals surface area contributed by atoms with Crippen LogP contribution in [0.25, 0.3) is 11.3 Å². The number of aryl methyl sites for hydroxylation is 2. The van der Waals surface area contributed by atoms with Crippen LogP contribution >= 0.6 is 0 Å². The van der Waals surface area contributed by atoms with Gasteiger partial charge in [0.15, 0.2) is 17.1 Å². The SMILES string of the molecule is CC(=O)OCCCc1cn2nc(C)c(N)c2[n+](-c2ccccc2O)c1. The highest BCUT2D eigenvalue weighted by atomic mass is 16.5. The number of anilines is 1. The number of esters is 1. The third-order valence-electron chi connectivity index (χ3n) is 3.97. The minimum Gasteiger partial charge on any atom is -0.504 e. The number of phenols is 1. The van der Waals surface area contributed by atoms with Gasteiger partial charge in [-0.2, -0.15) is 4.57 Å². The van der Waals surface area contributed by atoms with Gasteiger partial charge < -0.3 is 15.6 Å². The first-order valence-corrected chi connectivity index (χ1v) is 8.08. The summed E-state index contributed by atoms with van der Waals surface area (Å²) in [4.78, 5) is 10.9. The largest absolute Gasteiger partial charge is 0.504 e. The summed E-state index contributed by atoms with van der Waals surface area (Å²) < 4.78 is 8.54. The Morgan fingerprint density at radius 1 is 1.40 bits per heavy atom. The lowest BCUT2D eigenvalue weighted by molar-refractivity contribution is -0.571. The molecule has 0 saturated carbocycles. The second-order valence-electron chi connectivity index (χ2n) is 5.90. The minimum absolute atomic E-state index is 0.157. The third kappa shape index (κ3) is 3.40. The second kappa shape index (κ2) is 6.80. The van der Waals surface area contributed by atoms with E-state index in [1.54, 1.807) is 16.6 Å². The first-order valence-electron chi connectivity index (χ1n) is 8.08. The molecule has 3 aromatic rings. The maximum absolute atomic E-state index is 10.9. The summed E-state index contributed by atoms with van der Waals surface area (Å²) in [5, 5.41) is 14.7. The number of benzene rings is 1. The monoisotopic (exact) mass is 341 g/mol. The van der Waals surface area contributed by atoms with Crippen LogP contribution in [-0.4, -0.2) is 27.3 Å². The van der Waals surface area contributed by atoms with Gasteiger partial charge in [-0.25, -0.2) is 0 Å². The molecule has 0 aliphatic carbocycles. The number of aromatic nitrogens is 3. The molecule has 0 bridgehead atoms. The average molecular weight is 341 g/mol. The van der Waals surface area contributed by atoms with Crippen LogP contribution in [0.1, 0.15) is 24.6 Å². The van der Waals surface area contributed by atoms with Crippen molar-refractivity contribution >= 4 is 17.3 Å². The number of rotatable bonds is 5. The van der Waals surface area contributed by atoms with E-state index in [1.165, 1.54) is 6.92 Å². The summed E-state index contributed by atoms with van der Waals surface area (Å²) >= 11 is 0. The van der Waals surface area contributed by atoms with E-state index < -0.39 is 0 Å². The molecule has 0 aliphatic rings. The zero-order valence-corrected chi connectivity index (χ0v) is 14.3. The molecular formula is C18H21N4O3+. The topological polar surface area (TPSA) is 93.7 Å². The predicted molar refractivity (Wildman–Crippen MR) is 92.5 cm³/mol. The standard InChI is InChI=1S/C18H20N4O3/c1-12-17(19)18-21(15-7-3-4-8-16(15)24)10-14(11-22(18)20-12)6-5-9-25-13(2)23/h3-4,7-8,10-11H,5-6,9,19H2,1-2H3/p+1. The fourth-order valence-corrected chi connectivity index (χ4v) is 2.77. The maximum atomic E-state index is 10.9. The van der Waals surface area contributed by atoms with Gasteiger partial charge in [-0.15, -0.1) is 4.52 Å². The third-order valence-corrected chi connectivity index (χ3v) is 3.97. The maximum Gasteiger partial charge on any atom is 0.337 e. The van der Waals surface area contributed by atoms with Crippen molar-refractivity contribution in [1.82, 2.24) is 9.61 Å². The van der Waals surface area contributed by atoms with E-state index in [4.69, 9.17) is 10.5 Å². The van der Waals surface area contributed by atoms with Gasteiger partial charge >= 0.3 is 11.6 Å². The molecule has 7 heteroatoms. The molecule has 0 saturated heterocycles. The van der Waals surface area contributed by atoms with Crippen molar-refractivity contribution in [3.63, 3.8) is 0 Å². The molecular weight excluding hydrogens is 320 g/mol. The highest BCUT2D eigenvalue weighted by Crippen LogP contribution is 2.21. The van der Waals surface area contributed by atoms with E-state index >= 15 is 0 Å². The van der Waals surface area contributed by atoms with Crippen molar-refractivity contribution in [1.29, 1.82) is 0 Å². The van der Waals surface area contributed by atoms with Gasteiger partial charge in [-0.3, -0.25) is 4.79 Å². The molecule has 25 heavy (non-hydrogen) atoms. The Morgan fingerprint density at radius 3 is 2.88 bits per heavy atom. The number of carbonyl (C=O) groups excluding carboxylic acids is 1. The number of para-hydroxylation sites is 2. The van der Waals surface area contributed by atoms with E-state index in [2.05, 4.69) is 5.10 Å². The Hall–Kier alpha value is -3.09. The summed E-state index contributed by atoms with van der Waals surface area (Å²) in [6, 6.07) is 7.07. The van der Waals surface area contributed by atoms with Gasteiger partial charge in [0.1, 0.15) is 18.1 Å². The normalized spacial score (nSPS) is 11.0. The summed E-state index contributed by atoms with van der Waals surface area (Å²) in [6.07, 6.45) is 5.23. The molecule has 130 valence electrons. The lowest BCUT2D eigenvalue weighted by atomic mass is 10.2. The van der Waals surface area contributed by atoms with Crippen LogP contribution in [0.15, 0.2) is 36.7 Å². The minimum atomic E-state index is -0.282. The number of nitrogens with zero attached hydrogens (tertiary/aromatic N) is 3. The molecule has 0 spiro atoms. The highest BCUT2D eigenvalue weighted by Gasteiger charge is 2.22. The van der Waals surface area contributed by atoms with E-state index in [0.717, 1.165) is 11.3 Å². The second-order valence-corrected chi connectivity index (χ2v) is 5.90. The first kappa shape index (κ1) is 16.8. The van der Waals surface area contributed by atoms with Crippen molar-refractivity contribution in [2.24, 2.45) is 0 Å². The number of aromatic hydroxyl groups is 1. The van der Waals surface area contributed by atoms with E-state index in [1.807, 2.05) is 36.0 Å². The van der Waals surface area contributed by atoms with Crippen LogP contribution in [0.4, 0.5) is 5.69 Å². The van der Waals surface area contributed by atoms with E-state index in [9.17, 15) is 9.90 Å². The molecule has 0 amide bonds. The van der Waals surface area contributed by atoms with Gasteiger partial charge in [-0.05, 0) is 31.9 Å². The Bertz CT molecular complexity index is 933. The molecule has 7 nitrogen and oxygen atoms in total. The Labute approximate surface area is 145 Å². The van der Waals surface area contributed by atoms with Gasteiger partial charge in [0.05, 0.1) is 6.61 Å². The summed E-state index contributed by atoms with van der Waals surface area (Å²) in [5.41, 5.74) is 9.79. The Morgan fingerprint density at radius 2 is 2.16 bits per heavy atom. The number of hydrogen-bond donors (Lipinski definition) is 2. The van der Waals surface area contributed by atoms with Crippen molar-refractivity contribution < 1.29 is 19.2 Å². The van der Waals surface area contributed by atoms with Crippen molar-refractivity contribution in [3.05, 3.63) is 47.9 Å². The number of fused-ring (bicyclic) bond motifs is 1. The van der Waals surface area contributed by atoms with E-state index in [0.29, 0.717) is 36.5 Å². The van der Waals surface area contributed by atoms with Crippen molar-refractivity contribution in [2.75, 3.05) is 12.3 Å². The quantitative estimate of drug-likeness (QED) is 0.418. The van der Waals surface area contributed by atoms with Gasteiger partial charge in [0, 0.05) is 12.5 Å². The van der Waals surface area contributed by atoms with Crippen LogP contribution in [0.5, 0.6) is 5.75 Å². The van der Waals surface area contributed by atoms with Crippen LogP contribution < -0.4 is 10.3 Å². The Kier molecular flexibility index (Phi) is 4.56. The van der Waals surface area contributed by atoms with Crippen LogP contribution in [-0.2, 0) is 16.0 Å². The molecule has 0 aliphatic heterocycles. The lowest BCUT2D eigenvalue weighted by Crippen LogP contribution is -2.34. The molecule has 0 fully saturated rings. The molecule has 0 atom stereocenters. The molecule has 1 aromatic carbocycles. The highest BCUT2D eigenvalue weighted by molar-refractivity contribution is 5.66. The number of ether oxygens (including phenoxy) is 1. The van der Waals surface area contributed by atoms with Crippen molar-refractivity contribution in [2.45, 2.75) is 26.7 Å². The molecule has 3 N–H and O–H groups in total. The van der Waals surface area contributed by atoms with Crippen LogP contribution in [0.2, 0.25) is 0 Å². The van der Waals surface area contributed by atoms with Gasteiger partial charge in [0.2, 0.25) is 0 Å². The number of nitrogens with two attached hydrogens (primary N) is 1. The van der Waals surface area contributed by atoms with E-state index in [-0.39, 0.29) is 11.7 Å². The molecule has 0 unspecified atom stereocenters. The van der Waals surface area contributed by atoms with Crippen LogP contribution in [0, 0.1) is 6.92 Å². The summed E-state index contributed by atoms with van der Waals surface area (Å²) in [6.45, 7) is 3.61. The summed E-state index contributed by atoms with van der Waals surface area (Å²) in [5.74, 6) is -0.125. The smallest absolute Gasteiger partial charge is 0.337 e. The fourth-order valence-electron chi connectivity index (χ4n) is 2.77. The first-order chi connectivity index (χ1) is 12.0. The Balaban J connectivity index is 2.04. The van der Waals surface area contributed by atoms with Gasteiger partial charge in [0.25, 0.3) is 0 Å². The number of phenolic OH excluding ortho intramolecular Hbond substituents is 1. The van der Waals surface area contributed by atoms with Crippen LogP contribution in [0.3, 0.4) is 0 Å². The zero-order valence-electron chi connectivity index (χ0n) is 14.3. The zero-order chi connectivity index (χ0) is 18.0. The molecule has 2 heterocycles. The average Bonchev–Trinajstić information content (AvgIpc) is 2.86. The molecule has 3 rings (SSSR count). The van der Waals surface area contributed by atoms with Gasteiger partial charge in [-0.1, -0.05) is 17.2 Å². The number of hydrogen-bond acceptors (Lipinski definition) is 5. The fraction of sp³-hybridized carbons (Fsp3) is 0.278. The number of carbonyl (C=O) groups is 1. The lowest BCUT2D eigenvalue weighted by Gasteiger charge is -2.07. The predicted octanol–water partition coefficient (Wildman–Crippen LogP) is 1.70.